The summed E-state index contributed by atoms with van der Waals surface area (Å²) in [6.07, 6.45) is 2.02. The number of ether oxygens (including phenoxy) is 3. The molecular formula is C25H29N7O7S. The van der Waals surface area contributed by atoms with Crippen LogP contribution in [0.3, 0.4) is 0 Å². The van der Waals surface area contributed by atoms with E-state index in [4.69, 9.17) is 18.6 Å². The Balaban J connectivity index is 1.53. The van der Waals surface area contributed by atoms with Crippen molar-refractivity contribution >= 4 is 21.9 Å². The molecule has 0 amide bonds. The molecule has 40 heavy (non-hydrogen) atoms. The summed E-state index contributed by atoms with van der Waals surface area (Å²) in [4.78, 5) is 10.1. The van der Waals surface area contributed by atoms with Crippen LogP contribution in [0.1, 0.15) is 12.2 Å². The second-order valence-corrected chi connectivity index (χ2v) is 11.1. The smallest absolute Gasteiger partial charge is 0.243 e. The molecule has 3 aromatic heterocycles. The van der Waals surface area contributed by atoms with Crippen molar-refractivity contribution in [2.45, 2.75) is 24.7 Å². The van der Waals surface area contributed by atoms with Gasteiger partial charge in [-0.2, -0.15) is 0 Å². The van der Waals surface area contributed by atoms with E-state index in [9.17, 15) is 13.5 Å². The van der Waals surface area contributed by atoms with Crippen molar-refractivity contribution in [2.75, 3.05) is 44.0 Å². The van der Waals surface area contributed by atoms with Gasteiger partial charge in [-0.05, 0) is 37.6 Å². The fraction of sp³-hybridized carbons (Fsp3) is 0.360. The van der Waals surface area contributed by atoms with Gasteiger partial charge in [0.15, 0.2) is 11.5 Å². The van der Waals surface area contributed by atoms with Gasteiger partial charge in [0.05, 0.1) is 39.8 Å². The number of aliphatic hydroxyl groups is 1. The van der Waals surface area contributed by atoms with E-state index in [0.717, 1.165) is 0 Å². The number of furan rings is 1. The van der Waals surface area contributed by atoms with Gasteiger partial charge in [-0.1, -0.05) is 6.07 Å². The molecule has 0 saturated carbocycles. The first kappa shape index (κ1) is 27.2. The van der Waals surface area contributed by atoms with E-state index in [1.54, 1.807) is 42.2 Å². The van der Waals surface area contributed by atoms with Crippen LogP contribution in [0.25, 0.3) is 17.3 Å². The highest BCUT2D eigenvalue weighted by Crippen LogP contribution is 2.38. The summed E-state index contributed by atoms with van der Waals surface area (Å²) < 4.78 is 53.6. The van der Waals surface area contributed by atoms with Crippen LogP contribution >= 0.6 is 0 Å². The summed E-state index contributed by atoms with van der Waals surface area (Å²) in [6, 6.07) is 8.62. The van der Waals surface area contributed by atoms with Gasteiger partial charge in [-0.15, -0.1) is 10.2 Å². The maximum Gasteiger partial charge on any atom is 0.243 e. The lowest BCUT2D eigenvalue weighted by Gasteiger charge is -2.35. The maximum atomic E-state index is 13.7. The van der Waals surface area contributed by atoms with E-state index in [1.165, 1.54) is 38.3 Å². The number of sulfonamides is 1. The number of nitrogens with zero attached hydrogens (tertiary/aromatic N) is 6. The number of anilines is 2. The van der Waals surface area contributed by atoms with Gasteiger partial charge in [-0.3, -0.25) is 9.29 Å². The predicted octanol–water partition coefficient (Wildman–Crippen LogP) is 2.03. The zero-order valence-electron chi connectivity index (χ0n) is 22.3. The summed E-state index contributed by atoms with van der Waals surface area (Å²) in [5, 5.41) is 17.9. The van der Waals surface area contributed by atoms with Gasteiger partial charge in [0.25, 0.3) is 0 Å². The highest BCUT2D eigenvalue weighted by molar-refractivity contribution is 7.93. The van der Waals surface area contributed by atoms with E-state index < -0.39 is 21.4 Å². The van der Waals surface area contributed by atoms with Gasteiger partial charge in [0, 0.05) is 13.1 Å². The molecule has 1 aliphatic rings. The Morgan fingerprint density at radius 3 is 2.30 bits per heavy atom. The van der Waals surface area contributed by atoms with Crippen molar-refractivity contribution in [1.29, 1.82) is 0 Å². The number of β-amino-alcohol motifs (C(OH)–C–C–N with tert-alkyl or cyclic N) is 1. The first-order chi connectivity index (χ1) is 19.2. The van der Waals surface area contributed by atoms with E-state index in [2.05, 4.69) is 24.9 Å². The molecule has 14 nitrogen and oxygen atoms in total. The number of aromatic nitrogens is 5. The van der Waals surface area contributed by atoms with Crippen molar-refractivity contribution < 1.29 is 32.2 Å². The van der Waals surface area contributed by atoms with Crippen LogP contribution in [0.15, 0.2) is 47.1 Å². The number of benzene rings is 1. The Bertz CT molecular complexity index is 1560. The monoisotopic (exact) mass is 571 g/mol. The van der Waals surface area contributed by atoms with Crippen molar-refractivity contribution in [2.24, 2.45) is 0 Å². The average molecular weight is 572 g/mol. The largest absolute Gasteiger partial charge is 0.494 e. The molecule has 0 aliphatic carbocycles. The van der Waals surface area contributed by atoms with Gasteiger partial charge < -0.3 is 28.6 Å². The quantitative estimate of drug-likeness (QED) is 0.300. The minimum atomic E-state index is -4.12. The minimum Gasteiger partial charge on any atom is -0.494 e. The number of para-hydroxylation sites is 1. The Hall–Kier alpha value is -4.37. The molecule has 1 saturated heterocycles. The summed E-state index contributed by atoms with van der Waals surface area (Å²) in [7, 11) is 0.348. The molecule has 0 bridgehead atoms. The molecule has 212 valence electrons. The summed E-state index contributed by atoms with van der Waals surface area (Å²) in [6.45, 7) is 1.99. The molecule has 1 fully saturated rings. The SMILES string of the molecule is COc1cnc(N2CC(O)CC(S(=O)(=O)Nc3nnc(-c4ccc(C)o4)n3-c3c(OC)cccc3OC)C2)nc1. The third-order valence-electron chi connectivity index (χ3n) is 6.44. The van der Waals surface area contributed by atoms with E-state index in [1.807, 2.05) is 0 Å². The Labute approximate surface area is 230 Å². The predicted molar refractivity (Wildman–Crippen MR) is 145 cm³/mol. The van der Waals surface area contributed by atoms with Crippen LogP contribution in [-0.4, -0.2) is 84.0 Å². The molecule has 2 N–H and O–H groups in total. The van der Waals surface area contributed by atoms with Crippen molar-refractivity contribution in [3.8, 4) is 34.5 Å². The number of aliphatic hydroxyl groups excluding tert-OH is 1. The Morgan fingerprint density at radius 2 is 1.70 bits per heavy atom. The maximum absolute atomic E-state index is 13.7. The molecule has 5 rings (SSSR count). The molecule has 1 aliphatic heterocycles. The molecule has 1 aromatic carbocycles. The fourth-order valence-electron chi connectivity index (χ4n) is 4.53. The zero-order chi connectivity index (χ0) is 28.4. The van der Waals surface area contributed by atoms with Crippen molar-refractivity contribution in [1.82, 2.24) is 24.7 Å². The van der Waals surface area contributed by atoms with Crippen LogP contribution in [0.2, 0.25) is 0 Å². The molecule has 4 heterocycles. The standard InChI is InChI=1S/C25H29N7O7S/c1-15-8-9-21(39-15)23-28-29-25(32(23)22-19(37-3)6-5-7-20(22)38-4)30-40(34,35)18-10-16(33)13-31(14-18)24-26-11-17(36-2)12-27-24/h5-9,11-12,16,18,33H,10,13-14H2,1-4H3,(H,29,30). The molecule has 15 heteroatoms. The molecule has 2 atom stereocenters. The first-order valence-corrected chi connectivity index (χ1v) is 13.8. The molecule has 2 unspecified atom stereocenters. The Kier molecular flexibility index (Phi) is 7.49. The second-order valence-electron chi connectivity index (χ2n) is 9.09. The molecule has 0 spiro atoms. The summed E-state index contributed by atoms with van der Waals surface area (Å²) >= 11 is 0. The van der Waals surface area contributed by atoms with Crippen molar-refractivity contribution in [3.63, 3.8) is 0 Å². The van der Waals surface area contributed by atoms with E-state index >= 15 is 0 Å². The lowest BCUT2D eigenvalue weighted by atomic mass is 10.1. The van der Waals surface area contributed by atoms with Crippen LogP contribution in [0, 0.1) is 6.92 Å². The third-order valence-corrected chi connectivity index (χ3v) is 8.13. The van der Waals surface area contributed by atoms with Crippen molar-refractivity contribution in [3.05, 3.63) is 48.5 Å². The average Bonchev–Trinajstić information content (AvgIpc) is 3.57. The minimum absolute atomic E-state index is 0.00165. The zero-order valence-corrected chi connectivity index (χ0v) is 23.1. The number of nitrogens with one attached hydrogen (secondary N) is 1. The Morgan fingerprint density at radius 1 is 1.00 bits per heavy atom. The van der Waals surface area contributed by atoms with Gasteiger partial charge in [-0.25, -0.2) is 18.4 Å². The normalized spacial score (nSPS) is 17.5. The lowest BCUT2D eigenvalue weighted by molar-refractivity contribution is 0.154. The van der Waals surface area contributed by atoms with E-state index in [-0.39, 0.29) is 37.2 Å². The summed E-state index contributed by atoms with van der Waals surface area (Å²) in [5.41, 5.74) is 0.371. The van der Waals surface area contributed by atoms with Gasteiger partial charge in [0.1, 0.15) is 28.2 Å². The fourth-order valence-corrected chi connectivity index (χ4v) is 5.94. The van der Waals surface area contributed by atoms with E-state index in [0.29, 0.717) is 34.5 Å². The van der Waals surface area contributed by atoms with Crippen LogP contribution in [-0.2, 0) is 10.0 Å². The molecule has 4 aromatic rings. The number of piperidine rings is 1. The lowest BCUT2D eigenvalue weighted by Crippen LogP contribution is -2.50. The number of hydrogen-bond acceptors (Lipinski definition) is 12. The van der Waals surface area contributed by atoms with Crippen LogP contribution in [0.5, 0.6) is 17.2 Å². The van der Waals surface area contributed by atoms with Gasteiger partial charge >= 0.3 is 0 Å². The summed E-state index contributed by atoms with van der Waals surface area (Å²) in [5.74, 6) is 2.62. The molecular weight excluding hydrogens is 542 g/mol. The third kappa shape index (κ3) is 5.24. The van der Waals surface area contributed by atoms with Crippen LogP contribution < -0.4 is 23.8 Å². The molecule has 0 radical (unpaired) electrons. The number of aryl methyl sites for hydroxylation is 1. The topological polar surface area (TPSA) is 167 Å². The second kappa shape index (κ2) is 11.0. The number of hydrogen-bond donors (Lipinski definition) is 2. The highest BCUT2D eigenvalue weighted by Gasteiger charge is 2.37. The van der Waals surface area contributed by atoms with Gasteiger partial charge in [0.2, 0.25) is 27.7 Å². The highest BCUT2D eigenvalue weighted by atomic mass is 32.2. The van der Waals surface area contributed by atoms with Crippen LogP contribution in [0.4, 0.5) is 11.9 Å². The number of methoxy groups -OCH3 is 3. The first-order valence-electron chi connectivity index (χ1n) is 12.3. The number of rotatable bonds is 9.